The van der Waals surface area contributed by atoms with Gasteiger partial charge in [0.1, 0.15) is 0 Å². The number of nitrogens with one attached hydrogen (secondary N) is 1. The molecule has 1 aromatic carbocycles. The van der Waals surface area contributed by atoms with E-state index in [1.54, 1.807) is 0 Å². The van der Waals surface area contributed by atoms with Crippen LogP contribution in [0.3, 0.4) is 0 Å². The highest BCUT2D eigenvalue weighted by atomic mass is 16.5. The van der Waals surface area contributed by atoms with Gasteiger partial charge in [-0.05, 0) is 43.2 Å². The lowest BCUT2D eigenvalue weighted by molar-refractivity contribution is -0.142. The summed E-state index contributed by atoms with van der Waals surface area (Å²) in [6, 6.07) is 10.8. The molecular weight excluding hydrogens is 274 g/mol. The SMILES string of the molecule is COC(=O)CC1(NC[C@@H]2C[C@@H]2c2ccccc2)CCCCC1. The van der Waals surface area contributed by atoms with Crippen molar-refractivity contribution in [3.05, 3.63) is 35.9 Å². The van der Waals surface area contributed by atoms with Crippen molar-refractivity contribution in [2.45, 2.75) is 56.4 Å². The minimum Gasteiger partial charge on any atom is -0.469 e. The molecule has 0 bridgehead atoms. The molecule has 2 aliphatic carbocycles. The van der Waals surface area contributed by atoms with Crippen LogP contribution in [-0.4, -0.2) is 25.2 Å². The first kappa shape index (κ1) is 15.5. The highest BCUT2D eigenvalue weighted by Crippen LogP contribution is 2.47. The van der Waals surface area contributed by atoms with Gasteiger partial charge in [0.2, 0.25) is 0 Å². The molecule has 0 aliphatic heterocycles. The fourth-order valence-corrected chi connectivity index (χ4v) is 3.92. The Hall–Kier alpha value is -1.35. The molecule has 22 heavy (non-hydrogen) atoms. The number of hydrogen-bond donors (Lipinski definition) is 1. The zero-order valence-electron chi connectivity index (χ0n) is 13.5. The highest BCUT2D eigenvalue weighted by molar-refractivity contribution is 5.70. The molecule has 2 atom stereocenters. The van der Waals surface area contributed by atoms with E-state index in [0.717, 1.165) is 25.3 Å². The molecule has 120 valence electrons. The van der Waals surface area contributed by atoms with E-state index in [0.29, 0.717) is 12.3 Å². The maximum Gasteiger partial charge on any atom is 0.307 e. The first-order chi connectivity index (χ1) is 10.7. The fraction of sp³-hybridized carbons (Fsp3) is 0.632. The predicted molar refractivity (Wildman–Crippen MR) is 87.7 cm³/mol. The van der Waals surface area contributed by atoms with Crippen molar-refractivity contribution in [1.29, 1.82) is 0 Å². The van der Waals surface area contributed by atoms with Crippen LogP contribution in [0.2, 0.25) is 0 Å². The van der Waals surface area contributed by atoms with E-state index in [9.17, 15) is 4.79 Å². The number of rotatable bonds is 6. The van der Waals surface area contributed by atoms with Crippen molar-refractivity contribution >= 4 is 5.97 Å². The second-order valence-corrected chi connectivity index (χ2v) is 6.99. The molecule has 2 saturated carbocycles. The summed E-state index contributed by atoms with van der Waals surface area (Å²) in [4.78, 5) is 11.8. The zero-order valence-corrected chi connectivity index (χ0v) is 13.5. The quantitative estimate of drug-likeness (QED) is 0.815. The number of carbonyl (C=O) groups is 1. The highest BCUT2D eigenvalue weighted by Gasteiger charge is 2.41. The molecule has 0 heterocycles. The largest absolute Gasteiger partial charge is 0.469 e. The number of ether oxygens (including phenoxy) is 1. The lowest BCUT2D eigenvalue weighted by Crippen LogP contribution is -2.49. The second kappa shape index (κ2) is 6.82. The summed E-state index contributed by atoms with van der Waals surface area (Å²) in [6.45, 7) is 1.02. The van der Waals surface area contributed by atoms with Gasteiger partial charge in [-0.25, -0.2) is 0 Å². The third-order valence-corrected chi connectivity index (χ3v) is 5.41. The Morgan fingerprint density at radius 1 is 1.23 bits per heavy atom. The van der Waals surface area contributed by atoms with E-state index >= 15 is 0 Å². The van der Waals surface area contributed by atoms with E-state index in [4.69, 9.17) is 4.74 Å². The fourth-order valence-electron chi connectivity index (χ4n) is 3.92. The van der Waals surface area contributed by atoms with Gasteiger partial charge < -0.3 is 10.1 Å². The molecular formula is C19H27NO2. The number of hydrogen-bond acceptors (Lipinski definition) is 3. The van der Waals surface area contributed by atoms with Crippen LogP contribution in [0.25, 0.3) is 0 Å². The summed E-state index contributed by atoms with van der Waals surface area (Å²) in [5, 5.41) is 3.76. The summed E-state index contributed by atoms with van der Waals surface area (Å²) in [6.07, 6.45) is 7.72. The third kappa shape index (κ3) is 3.70. The monoisotopic (exact) mass is 301 g/mol. The molecule has 0 saturated heterocycles. The topological polar surface area (TPSA) is 38.3 Å². The maximum absolute atomic E-state index is 11.8. The summed E-state index contributed by atoms with van der Waals surface area (Å²) in [7, 11) is 1.49. The summed E-state index contributed by atoms with van der Waals surface area (Å²) in [5.74, 6) is 1.34. The molecule has 0 radical (unpaired) electrons. The lowest BCUT2D eigenvalue weighted by atomic mass is 9.79. The van der Waals surface area contributed by atoms with Gasteiger partial charge in [0.25, 0.3) is 0 Å². The summed E-state index contributed by atoms with van der Waals surface area (Å²) in [5.41, 5.74) is 1.44. The van der Waals surface area contributed by atoms with Crippen LogP contribution in [0, 0.1) is 5.92 Å². The van der Waals surface area contributed by atoms with Crippen LogP contribution in [0.1, 0.15) is 56.4 Å². The minimum atomic E-state index is -0.0789. The number of carbonyl (C=O) groups excluding carboxylic acids is 1. The molecule has 1 aromatic rings. The normalized spacial score (nSPS) is 26.4. The van der Waals surface area contributed by atoms with Crippen LogP contribution in [-0.2, 0) is 9.53 Å². The van der Waals surface area contributed by atoms with Crippen LogP contribution >= 0.6 is 0 Å². The van der Waals surface area contributed by atoms with Gasteiger partial charge in [-0.3, -0.25) is 4.79 Å². The van der Waals surface area contributed by atoms with Crippen molar-refractivity contribution in [3.63, 3.8) is 0 Å². The molecule has 0 spiro atoms. The lowest BCUT2D eigenvalue weighted by Gasteiger charge is -2.37. The summed E-state index contributed by atoms with van der Waals surface area (Å²) < 4.78 is 4.91. The standard InChI is InChI=1S/C19H27NO2/c1-22-18(21)13-19(10-6-3-7-11-19)20-14-16-12-17(16)15-8-4-2-5-9-15/h2,4-5,8-9,16-17,20H,3,6-7,10-14H2,1H3/t16-,17+/m0/s1. The molecule has 3 heteroatoms. The predicted octanol–water partition coefficient (Wildman–Crippen LogP) is 3.65. The van der Waals surface area contributed by atoms with Crippen molar-refractivity contribution in [1.82, 2.24) is 5.32 Å². The average molecular weight is 301 g/mol. The van der Waals surface area contributed by atoms with Gasteiger partial charge >= 0.3 is 5.97 Å². The third-order valence-electron chi connectivity index (χ3n) is 5.41. The Bertz CT molecular complexity index is 493. The van der Waals surface area contributed by atoms with Crippen molar-refractivity contribution < 1.29 is 9.53 Å². The molecule has 3 nitrogen and oxygen atoms in total. The minimum absolute atomic E-state index is 0.0187. The molecule has 0 unspecified atom stereocenters. The molecule has 1 N–H and O–H groups in total. The number of benzene rings is 1. The van der Waals surface area contributed by atoms with Crippen LogP contribution in [0.4, 0.5) is 0 Å². The Morgan fingerprint density at radius 2 is 1.95 bits per heavy atom. The first-order valence-corrected chi connectivity index (χ1v) is 8.59. The van der Waals surface area contributed by atoms with Crippen molar-refractivity contribution in [2.24, 2.45) is 5.92 Å². The molecule has 0 aromatic heterocycles. The van der Waals surface area contributed by atoms with Crippen LogP contribution in [0.5, 0.6) is 0 Å². The first-order valence-electron chi connectivity index (χ1n) is 8.59. The molecule has 2 fully saturated rings. The zero-order chi connectivity index (χ0) is 15.4. The molecule has 0 amide bonds. The van der Waals surface area contributed by atoms with Gasteiger partial charge in [0.15, 0.2) is 0 Å². The van der Waals surface area contributed by atoms with Crippen molar-refractivity contribution in [3.8, 4) is 0 Å². The van der Waals surface area contributed by atoms with E-state index in [1.807, 2.05) is 0 Å². The van der Waals surface area contributed by atoms with Gasteiger partial charge in [0.05, 0.1) is 13.5 Å². The van der Waals surface area contributed by atoms with E-state index in [1.165, 1.54) is 38.4 Å². The van der Waals surface area contributed by atoms with Gasteiger partial charge in [-0.2, -0.15) is 0 Å². The van der Waals surface area contributed by atoms with Crippen molar-refractivity contribution in [2.75, 3.05) is 13.7 Å². The number of esters is 1. The molecule has 2 aliphatic rings. The average Bonchev–Trinajstić information content (AvgIpc) is 3.34. The van der Waals surface area contributed by atoms with E-state index < -0.39 is 0 Å². The van der Waals surface area contributed by atoms with Crippen LogP contribution in [0.15, 0.2) is 30.3 Å². The summed E-state index contributed by atoms with van der Waals surface area (Å²) >= 11 is 0. The van der Waals surface area contributed by atoms with E-state index in [2.05, 4.69) is 35.6 Å². The van der Waals surface area contributed by atoms with Gasteiger partial charge in [0, 0.05) is 5.54 Å². The Kier molecular flexibility index (Phi) is 4.82. The van der Waals surface area contributed by atoms with E-state index in [-0.39, 0.29) is 11.5 Å². The smallest absolute Gasteiger partial charge is 0.307 e. The van der Waals surface area contributed by atoms with Gasteiger partial charge in [-0.1, -0.05) is 49.6 Å². The Labute approximate surface area is 133 Å². The molecule has 3 rings (SSSR count). The van der Waals surface area contributed by atoms with Gasteiger partial charge in [-0.15, -0.1) is 0 Å². The second-order valence-electron chi connectivity index (χ2n) is 6.99. The Balaban J connectivity index is 1.55. The maximum atomic E-state index is 11.8. The number of methoxy groups -OCH3 is 1. The Morgan fingerprint density at radius 3 is 2.64 bits per heavy atom. The van der Waals surface area contributed by atoms with Crippen LogP contribution < -0.4 is 5.32 Å².